The lowest BCUT2D eigenvalue weighted by Crippen LogP contribution is -2.47. The molecule has 1 saturated heterocycles. The summed E-state index contributed by atoms with van der Waals surface area (Å²) in [6.45, 7) is 3.12. The molecule has 110 valence electrons. The fourth-order valence-corrected chi connectivity index (χ4v) is 2.71. The molecule has 0 aromatic heterocycles. The van der Waals surface area contributed by atoms with Gasteiger partial charge in [-0.25, -0.2) is 4.39 Å². The van der Waals surface area contributed by atoms with Gasteiger partial charge in [0.25, 0.3) is 5.91 Å². The van der Waals surface area contributed by atoms with E-state index in [9.17, 15) is 9.18 Å². The van der Waals surface area contributed by atoms with Crippen LogP contribution in [-0.2, 0) is 0 Å². The Morgan fingerprint density at radius 1 is 1.50 bits per heavy atom. The van der Waals surface area contributed by atoms with E-state index in [1.54, 1.807) is 12.1 Å². The van der Waals surface area contributed by atoms with Crippen molar-refractivity contribution in [2.45, 2.75) is 51.1 Å². The maximum absolute atomic E-state index is 13.1. The van der Waals surface area contributed by atoms with Gasteiger partial charge in [0.15, 0.2) is 0 Å². The molecule has 0 aliphatic carbocycles. The van der Waals surface area contributed by atoms with Crippen LogP contribution in [0.15, 0.2) is 24.3 Å². The fraction of sp³-hybridized carbons (Fsp3) is 0.562. The summed E-state index contributed by atoms with van der Waals surface area (Å²) >= 11 is 0. The molecule has 1 aromatic rings. The first kappa shape index (κ1) is 15.0. The van der Waals surface area contributed by atoms with Crippen molar-refractivity contribution in [2.24, 2.45) is 0 Å². The van der Waals surface area contributed by atoms with Crippen LogP contribution in [-0.4, -0.2) is 24.5 Å². The molecule has 2 atom stereocenters. The number of halogens is 1. The van der Waals surface area contributed by atoms with Crippen LogP contribution in [0.1, 0.15) is 49.4 Å². The van der Waals surface area contributed by atoms with Gasteiger partial charge in [-0.3, -0.25) is 4.79 Å². The smallest absolute Gasteiger partial charge is 0.251 e. The average Bonchev–Trinajstić information content (AvgIpc) is 2.45. The second-order valence-corrected chi connectivity index (χ2v) is 5.50. The van der Waals surface area contributed by atoms with Crippen molar-refractivity contribution in [1.29, 1.82) is 0 Å². The van der Waals surface area contributed by atoms with Gasteiger partial charge in [0.1, 0.15) is 5.82 Å². The van der Waals surface area contributed by atoms with E-state index in [0.29, 0.717) is 11.6 Å². The summed E-state index contributed by atoms with van der Waals surface area (Å²) in [4.78, 5) is 12.1. The summed E-state index contributed by atoms with van der Waals surface area (Å²) in [5.74, 6) is -0.547. The maximum atomic E-state index is 13.1. The lowest BCUT2D eigenvalue weighted by Gasteiger charge is -2.31. The minimum atomic E-state index is -0.371. The van der Waals surface area contributed by atoms with E-state index in [2.05, 4.69) is 17.6 Å². The Hall–Kier alpha value is -1.42. The molecule has 0 spiro atoms. The van der Waals surface area contributed by atoms with E-state index in [0.717, 1.165) is 25.8 Å². The first-order chi connectivity index (χ1) is 9.69. The first-order valence-electron chi connectivity index (χ1n) is 7.49. The number of hydrogen-bond donors (Lipinski definition) is 2. The molecule has 0 saturated carbocycles. The molecule has 1 amide bonds. The van der Waals surface area contributed by atoms with Gasteiger partial charge in [-0.05, 0) is 44.0 Å². The third-order valence-electron chi connectivity index (χ3n) is 3.82. The summed E-state index contributed by atoms with van der Waals surface area (Å²) < 4.78 is 13.1. The van der Waals surface area contributed by atoms with E-state index < -0.39 is 0 Å². The van der Waals surface area contributed by atoms with Crippen LogP contribution in [0.3, 0.4) is 0 Å². The summed E-state index contributed by atoms with van der Waals surface area (Å²) in [5, 5.41) is 6.52. The Bertz CT molecular complexity index is 450. The molecular formula is C16H23FN2O. The zero-order valence-electron chi connectivity index (χ0n) is 12.0. The van der Waals surface area contributed by atoms with Crippen LogP contribution in [0, 0.1) is 5.82 Å². The lowest BCUT2D eigenvalue weighted by molar-refractivity contribution is 0.0923. The molecule has 2 N–H and O–H groups in total. The monoisotopic (exact) mass is 278 g/mol. The molecule has 1 heterocycles. The number of hydrogen-bond acceptors (Lipinski definition) is 2. The van der Waals surface area contributed by atoms with E-state index in [1.807, 2.05) is 0 Å². The lowest BCUT2D eigenvalue weighted by atomic mass is 9.95. The molecule has 3 nitrogen and oxygen atoms in total. The van der Waals surface area contributed by atoms with Gasteiger partial charge in [0.05, 0.1) is 0 Å². The van der Waals surface area contributed by atoms with Crippen molar-refractivity contribution < 1.29 is 9.18 Å². The van der Waals surface area contributed by atoms with Gasteiger partial charge < -0.3 is 10.6 Å². The molecule has 1 unspecified atom stereocenters. The number of carbonyl (C=O) groups is 1. The third kappa shape index (κ3) is 4.30. The Labute approximate surface area is 120 Å². The fourth-order valence-electron chi connectivity index (χ4n) is 2.71. The van der Waals surface area contributed by atoms with Gasteiger partial charge in [-0.15, -0.1) is 0 Å². The molecule has 20 heavy (non-hydrogen) atoms. The van der Waals surface area contributed by atoms with Gasteiger partial charge in [0, 0.05) is 17.6 Å². The Kier molecular flexibility index (Phi) is 5.53. The number of rotatable bonds is 5. The van der Waals surface area contributed by atoms with Gasteiger partial charge >= 0.3 is 0 Å². The predicted molar refractivity (Wildman–Crippen MR) is 78.2 cm³/mol. The molecule has 1 fully saturated rings. The van der Waals surface area contributed by atoms with Crippen LogP contribution in [0.5, 0.6) is 0 Å². The number of amides is 1. The van der Waals surface area contributed by atoms with Crippen LogP contribution in [0.25, 0.3) is 0 Å². The Balaban J connectivity index is 1.87. The predicted octanol–water partition coefficient (Wildman–Crippen LogP) is 2.87. The highest BCUT2D eigenvalue weighted by Gasteiger charge is 2.22. The highest BCUT2D eigenvalue weighted by atomic mass is 19.1. The normalized spacial score (nSPS) is 22.5. The van der Waals surface area contributed by atoms with Crippen molar-refractivity contribution in [3.63, 3.8) is 0 Å². The molecular weight excluding hydrogens is 255 g/mol. The van der Waals surface area contributed by atoms with Crippen LogP contribution >= 0.6 is 0 Å². The van der Waals surface area contributed by atoms with Crippen molar-refractivity contribution >= 4 is 5.91 Å². The third-order valence-corrected chi connectivity index (χ3v) is 3.82. The molecule has 1 aromatic carbocycles. The van der Waals surface area contributed by atoms with Crippen molar-refractivity contribution in [2.75, 3.05) is 6.54 Å². The van der Waals surface area contributed by atoms with Crippen LogP contribution < -0.4 is 10.6 Å². The largest absolute Gasteiger partial charge is 0.349 e. The molecule has 0 radical (unpaired) electrons. The van der Waals surface area contributed by atoms with E-state index in [-0.39, 0.29) is 17.8 Å². The number of nitrogens with one attached hydrogen (secondary N) is 2. The van der Waals surface area contributed by atoms with Crippen LogP contribution in [0.2, 0.25) is 0 Å². The summed E-state index contributed by atoms with van der Waals surface area (Å²) in [7, 11) is 0. The summed E-state index contributed by atoms with van der Waals surface area (Å²) in [6, 6.07) is 6.52. The van der Waals surface area contributed by atoms with Crippen molar-refractivity contribution in [3.8, 4) is 0 Å². The highest BCUT2D eigenvalue weighted by molar-refractivity contribution is 5.94. The Morgan fingerprint density at radius 3 is 3.10 bits per heavy atom. The van der Waals surface area contributed by atoms with Gasteiger partial charge in [0.2, 0.25) is 0 Å². The average molecular weight is 278 g/mol. The van der Waals surface area contributed by atoms with Gasteiger partial charge in [-0.1, -0.05) is 25.8 Å². The second-order valence-electron chi connectivity index (χ2n) is 5.50. The number of unbranched alkanes of at least 4 members (excludes halogenated alkanes) is 1. The standard InChI is InChI=1S/C16H23FN2O/c1-2-3-7-14-11-15(8-9-18-14)19-16(20)12-5-4-6-13(17)10-12/h4-6,10,14-15,18H,2-3,7-9,11H2,1H3,(H,19,20)/t14?,15-/m1/s1. The zero-order valence-corrected chi connectivity index (χ0v) is 12.0. The minimum Gasteiger partial charge on any atom is -0.349 e. The van der Waals surface area contributed by atoms with Crippen LogP contribution in [0.4, 0.5) is 4.39 Å². The maximum Gasteiger partial charge on any atom is 0.251 e. The molecule has 2 rings (SSSR count). The molecule has 1 aliphatic rings. The van der Waals surface area contributed by atoms with Crippen molar-refractivity contribution in [1.82, 2.24) is 10.6 Å². The van der Waals surface area contributed by atoms with Gasteiger partial charge in [-0.2, -0.15) is 0 Å². The quantitative estimate of drug-likeness (QED) is 0.869. The minimum absolute atomic E-state index is 0.175. The molecule has 1 aliphatic heterocycles. The molecule has 0 bridgehead atoms. The number of piperidine rings is 1. The van der Waals surface area contributed by atoms with Crippen molar-refractivity contribution in [3.05, 3.63) is 35.6 Å². The summed E-state index contributed by atoms with van der Waals surface area (Å²) in [5.41, 5.74) is 0.397. The molecule has 4 heteroatoms. The number of benzene rings is 1. The number of carbonyl (C=O) groups excluding carboxylic acids is 1. The van der Waals surface area contributed by atoms with E-state index in [4.69, 9.17) is 0 Å². The highest BCUT2D eigenvalue weighted by Crippen LogP contribution is 2.14. The first-order valence-corrected chi connectivity index (χ1v) is 7.49. The topological polar surface area (TPSA) is 41.1 Å². The Morgan fingerprint density at radius 2 is 2.35 bits per heavy atom. The van der Waals surface area contributed by atoms with E-state index >= 15 is 0 Å². The second kappa shape index (κ2) is 7.39. The SMILES string of the molecule is CCCCC1C[C@H](NC(=O)c2cccc(F)c2)CCN1. The van der Waals surface area contributed by atoms with E-state index in [1.165, 1.54) is 25.0 Å². The zero-order chi connectivity index (χ0) is 14.4. The summed E-state index contributed by atoms with van der Waals surface area (Å²) in [6.07, 6.45) is 5.45.